The molecule has 1 saturated heterocycles. The number of carboxylic acids is 1. The van der Waals surface area contributed by atoms with E-state index in [0.29, 0.717) is 5.57 Å². The van der Waals surface area contributed by atoms with Gasteiger partial charge in [0.1, 0.15) is 6.20 Å². The van der Waals surface area contributed by atoms with Crippen molar-refractivity contribution in [2.75, 3.05) is 6.26 Å². The average molecular weight is 484 g/mol. The lowest BCUT2D eigenvalue weighted by atomic mass is 9.77. The third-order valence-electron chi connectivity index (χ3n) is 6.71. The minimum absolute atomic E-state index is 0.0541. The number of thioether (sulfide) groups is 1. The number of carbonyl (C=O) groups excluding carboxylic acids is 2. The summed E-state index contributed by atoms with van der Waals surface area (Å²) in [5.74, 6) is -2.48. The second kappa shape index (κ2) is 8.30. The van der Waals surface area contributed by atoms with Crippen molar-refractivity contribution >= 4 is 45.4 Å². The predicted octanol–water partition coefficient (Wildman–Crippen LogP) is 1.57. The lowest BCUT2D eigenvalue weighted by Gasteiger charge is -2.47. The number of β-lactam (4-membered cyclic amide) rings is 1. The fourth-order valence-corrected chi connectivity index (χ4v) is 7.40. The molecule has 2 aromatic heterocycles. The maximum Gasteiger partial charge on any atom is 0.250 e. The second-order valence-corrected chi connectivity index (χ2v) is 10.5. The van der Waals surface area contributed by atoms with Gasteiger partial charge in [0.15, 0.2) is 0 Å². The van der Waals surface area contributed by atoms with E-state index in [-0.39, 0.29) is 23.6 Å². The first-order chi connectivity index (χ1) is 15.8. The van der Waals surface area contributed by atoms with Crippen LogP contribution < -0.4 is 9.67 Å². The number of rotatable bonds is 7. The monoisotopic (exact) mass is 483 g/mol. The van der Waals surface area contributed by atoms with Crippen LogP contribution in [0, 0.1) is 11.8 Å². The van der Waals surface area contributed by atoms with E-state index in [1.165, 1.54) is 21.8 Å². The topological polar surface area (TPSA) is 89.0 Å². The Labute approximate surface area is 200 Å². The van der Waals surface area contributed by atoms with Gasteiger partial charge in [0, 0.05) is 17.9 Å². The highest BCUT2D eigenvalue weighted by Gasteiger charge is 2.59. The molecule has 33 heavy (non-hydrogen) atoms. The highest BCUT2D eigenvalue weighted by atomic mass is 32.2. The summed E-state index contributed by atoms with van der Waals surface area (Å²) in [6.45, 7) is 4.35. The Bertz CT molecular complexity index is 1280. The summed E-state index contributed by atoms with van der Waals surface area (Å²) in [7, 11) is 0. The van der Waals surface area contributed by atoms with Crippen LogP contribution >= 0.6 is 23.1 Å². The first kappa shape index (κ1) is 22.2. The van der Waals surface area contributed by atoms with Crippen molar-refractivity contribution in [2.24, 2.45) is 11.8 Å². The molecule has 7 nitrogen and oxygen atoms in total. The third-order valence-corrected chi connectivity index (χ3v) is 8.80. The number of aliphatic carboxylic acids is 1. The number of imidazole rings is 1. The number of fused-ring (bicyclic) bond motifs is 2. The largest absolute Gasteiger partial charge is 0.543 e. The Balaban J connectivity index is 1.51. The molecule has 3 aromatic rings. The number of hydrogen-bond donors (Lipinski definition) is 1. The van der Waals surface area contributed by atoms with E-state index in [0.717, 1.165) is 27.7 Å². The van der Waals surface area contributed by atoms with Gasteiger partial charge in [-0.05, 0) is 18.7 Å². The van der Waals surface area contributed by atoms with Crippen LogP contribution in [-0.4, -0.2) is 44.7 Å². The molecule has 4 atom stereocenters. The molecule has 0 spiro atoms. The molecule has 1 fully saturated rings. The molecule has 2 aliphatic rings. The molecule has 0 bridgehead atoms. The van der Waals surface area contributed by atoms with Gasteiger partial charge >= 0.3 is 0 Å². The van der Waals surface area contributed by atoms with Crippen molar-refractivity contribution in [1.82, 2.24) is 9.30 Å². The SMILES string of the molecule is CSc1c2sc(C3=C(C(=O)[O-])N4C(=O)[C@H]([C@@H](C)O)[C@H]4[C@H]3C)cn2c[n+]1CCc1ccccc1. The second-order valence-electron chi connectivity index (χ2n) is 8.67. The molecule has 172 valence electrons. The Kier molecular flexibility index (Phi) is 5.58. The molecule has 9 heteroatoms. The minimum atomic E-state index is -1.35. The van der Waals surface area contributed by atoms with E-state index in [2.05, 4.69) is 16.7 Å². The lowest BCUT2D eigenvalue weighted by molar-refractivity contribution is -0.729. The molecule has 0 unspecified atom stereocenters. The highest BCUT2D eigenvalue weighted by molar-refractivity contribution is 7.98. The van der Waals surface area contributed by atoms with E-state index >= 15 is 0 Å². The number of nitrogens with zero attached hydrogens (tertiary/aromatic N) is 3. The quantitative estimate of drug-likeness (QED) is 0.313. The molecule has 1 aromatic carbocycles. The molecular formula is C24H25N3O4S2. The van der Waals surface area contributed by atoms with Crippen LogP contribution in [0.1, 0.15) is 24.3 Å². The number of amides is 1. The summed E-state index contributed by atoms with van der Waals surface area (Å²) < 4.78 is 4.26. The number of benzene rings is 1. The number of carboxylic acid groups (broad SMARTS) is 1. The van der Waals surface area contributed by atoms with Crippen LogP contribution in [0.2, 0.25) is 0 Å². The standard InChI is InChI=1S/C24H25N3O4S2/c1-13-17(20(24(30)31)27-19(13)18(14(2)28)21(27)29)16-11-26-12-25(22(32-3)23(26)33-16)10-9-15-7-5-4-6-8-15/h4-8,11-14,18-19,28H,9-10H2,1-3H3/t13-,14+,18+,19+/m0/s1. The number of aromatic nitrogens is 2. The van der Waals surface area contributed by atoms with Crippen LogP contribution in [-0.2, 0) is 22.6 Å². The van der Waals surface area contributed by atoms with Crippen LogP contribution in [0.25, 0.3) is 10.4 Å². The maximum atomic E-state index is 12.6. The first-order valence-electron chi connectivity index (χ1n) is 10.9. The molecule has 1 N–H and O–H groups in total. The fourth-order valence-electron chi connectivity index (χ4n) is 5.20. The predicted molar refractivity (Wildman–Crippen MR) is 124 cm³/mol. The van der Waals surface area contributed by atoms with Gasteiger partial charge in [-0.25, -0.2) is 4.57 Å². The van der Waals surface area contributed by atoms with Crippen molar-refractivity contribution < 1.29 is 24.4 Å². The zero-order valence-corrected chi connectivity index (χ0v) is 20.2. The number of aliphatic hydroxyl groups excluding tert-OH is 1. The molecule has 0 aliphatic carbocycles. The summed E-state index contributed by atoms with van der Waals surface area (Å²) in [6, 6.07) is 9.99. The number of aliphatic hydroxyl groups is 1. The normalized spacial score (nSPS) is 23.2. The summed E-state index contributed by atoms with van der Waals surface area (Å²) in [4.78, 5) is 27.8. The van der Waals surface area contributed by atoms with Gasteiger partial charge in [-0.2, -0.15) is 4.40 Å². The van der Waals surface area contributed by atoms with Gasteiger partial charge in [0.05, 0.1) is 41.2 Å². The molecule has 5 rings (SSSR count). The summed E-state index contributed by atoms with van der Waals surface area (Å²) in [5, 5.41) is 23.2. The van der Waals surface area contributed by atoms with E-state index in [9.17, 15) is 19.8 Å². The van der Waals surface area contributed by atoms with Crippen molar-refractivity contribution in [2.45, 2.75) is 44.0 Å². The van der Waals surface area contributed by atoms with Crippen LogP contribution in [0.15, 0.2) is 53.6 Å². The minimum Gasteiger partial charge on any atom is -0.543 e. The van der Waals surface area contributed by atoms with Crippen molar-refractivity contribution in [3.8, 4) is 0 Å². The third kappa shape index (κ3) is 3.41. The van der Waals surface area contributed by atoms with Crippen molar-refractivity contribution in [1.29, 1.82) is 0 Å². The molecule has 1 amide bonds. The Morgan fingerprint density at radius 2 is 2.06 bits per heavy atom. The summed E-state index contributed by atoms with van der Waals surface area (Å²) >= 11 is 3.19. The number of aryl methyl sites for hydroxylation is 2. The van der Waals surface area contributed by atoms with Gasteiger partial charge in [0.2, 0.25) is 15.8 Å². The number of carbonyl (C=O) groups is 2. The van der Waals surface area contributed by atoms with Gasteiger partial charge in [-0.15, -0.1) is 0 Å². The van der Waals surface area contributed by atoms with Crippen molar-refractivity contribution in [3.63, 3.8) is 0 Å². The first-order valence-corrected chi connectivity index (χ1v) is 13.0. The summed E-state index contributed by atoms with van der Waals surface area (Å²) in [5.41, 5.74) is 1.84. The maximum absolute atomic E-state index is 12.6. The van der Waals surface area contributed by atoms with E-state index < -0.39 is 18.0 Å². The van der Waals surface area contributed by atoms with E-state index in [1.54, 1.807) is 18.7 Å². The van der Waals surface area contributed by atoms with Gasteiger partial charge < -0.3 is 19.9 Å². The van der Waals surface area contributed by atoms with Gasteiger partial charge in [-0.3, -0.25) is 4.79 Å². The molecular weight excluding hydrogens is 458 g/mol. The molecule has 0 radical (unpaired) electrons. The van der Waals surface area contributed by atoms with Crippen LogP contribution in [0.4, 0.5) is 0 Å². The van der Waals surface area contributed by atoms with E-state index in [4.69, 9.17) is 0 Å². The highest BCUT2D eigenvalue weighted by Crippen LogP contribution is 2.51. The van der Waals surface area contributed by atoms with Gasteiger partial charge in [-0.1, -0.05) is 60.4 Å². The molecule has 4 heterocycles. The fraction of sp³-hybridized carbons (Fsp3) is 0.375. The Morgan fingerprint density at radius 3 is 2.70 bits per heavy atom. The van der Waals surface area contributed by atoms with Crippen LogP contribution in [0.5, 0.6) is 0 Å². The van der Waals surface area contributed by atoms with Gasteiger partial charge in [0.25, 0.3) is 6.33 Å². The zero-order valence-electron chi connectivity index (χ0n) is 18.6. The van der Waals surface area contributed by atoms with Crippen LogP contribution in [0.3, 0.4) is 0 Å². The van der Waals surface area contributed by atoms with Crippen molar-refractivity contribution in [3.05, 3.63) is 59.0 Å². The molecule has 2 aliphatic heterocycles. The Hall–Kier alpha value is -2.62. The smallest absolute Gasteiger partial charge is 0.250 e. The molecule has 0 saturated carbocycles. The summed E-state index contributed by atoms with van der Waals surface area (Å²) in [6.07, 6.45) is 6.12. The lowest BCUT2D eigenvalue weighted by Crippen LogP contribution is -2.64. The Morgan fingerprint density at radius 1 is 1.33 bits per heavy atom. The average Bonchev–Trinajstić information content (AvgIpc) is 3.39. The zero-order chi connectivity index (χ0) is 23.4. The number of thiazole rings is 1. The van der Waals surface area contributed by atoms with E-state index in [1.807, 2.05) is 48.3 Å². The number of hydrogen-bond acceptors (Lipinski definition) is 6.